The first-order valence-corrected chi connectivity index (χ1v) is 7.42. The Bertz CT molecular complexity index is 751. The van der Waals surface area contributed by atoms with Gasteiger partial charge in [-0.25, -0.2) is 18.4 Å². The molecule has 110 valence electrons. The van der Waals surface area contributed by atoms with E-state index in [9.17, 15) is 13.2 Å². The molecule has 0 aliphatic heterocycles. The van der Waals surface area contributed by atoms with Crippen molar-refractivity contribution in [2.24, 2.45) is 0 Å². The van der Waals surface area contributed by atoms with Crippen LogP contribution >= 0.6 is 0 Å². The number of nitrogen functional groups attached to an aromatic ring is 1. The van der Waals surface area contributed by atoms with Crippen molar-refractivity contribution in [2.75, 3.05) is 11.1 Å². The minimum Gasteiger partial charge on any atom is -0.383 e. The summed E-state index contributed by atoms with van der Waals surface area (Å²) >= 11 is 0. The molecule has 0 bridgehead atoms. The van der Waals surface area contributed by atoms with Gasteiger partial charge in [-0.05, 0) is 23.8 Å². The normalized spacial score (nSPS) is 10.6. The molecule has 0 saturated carbocycles. The summed E-state index contributed by atoms with van der Waals surface area (Å²) in [5, 5.41) is 2.58. The van der Waals surface area contributed by atoms with Gasteiger partial charge < -0.3 is 11.1 Å². The van der Waals surface area contributed by atoms with Crippen LogP contribution in [0.4, 0.5) is 11.6 Å². The summed E-state index contributed by atoms with van der Waals surface area (Å²) in [6, 6.07) is 5.08. The highest BCUT2D eigenvalue weighted by molar-refractivity contribution is 7.71. The second kappa shape index (κ2) is 6.31. The zero-order valence-corrected chi connectivity index (χ0v) is 12.1. The maximum absolute atomic E-state index is 11.0. The number of pyridine rings is 2. The summed E-state index contributed by atoms with van der Waals surface area (Å²) in [5.41, 5.74) is 7.56. The first-order chi connectivity index (χ1) is 9.95. The van der Waals surface area contributed by atoms with Crippen LogP contribution in [0.2, 0.25) is 0 Å². The molecular formula is C13H14N4O3S. The number of nitrogens with two attached hydrogens (primary N) is 1. The van der Waals surface area contributed by atoms with E-state index >= 15 is 0 Å². The largest absolute Gasteiger partial charge is 0.383 e. The Kier molecular flexibility index (Phi) is 4.49. The van der Waals surface area contributed by atoms with Gasteiger partial charge in [0.05, 0.1) is 5.75 Å². The molecule has 0 aliphatic carbocycles. The van der Waals surface area contributed by atoms with Gasteiger partial charge in [-0.2, -0.15) is 0 Å². The Morgan fingerprint density at radius 2 is 2.05 bits per heavy atom. The predicted octanol–water partition coefficient (Wildman–Crippen LogP) is 0.796. The van der Waals surface area contributed by atoms with Gasteiger partial charge in [0.25, 0.3) is 0 Å². The quantitative estimate of drug-likeness (QED) is 0.720. The van der Waals surface area contributed by atoms with Crippen molar-refractivity contribution in [3.8, 4) is 11.1 Å². The molecule has 0 fully saturated rings. The first-order valence-electron chi connectivity index (χ1n) is 6.06. The van der Waals surface area contributed by atoms with E-state index < -0.39 is 10.7 Å². The molecule has 3 N–H and O–H groups in total. The van der Waals surface area contributed by atoms with Crippen molar-refractivity contribution in [1.29, 1.82) is 0 Å². The van der Waals surface area contributed by atoms with Crippen molar-refractivity contribution < 1.29 is 13.2 Å². The first kappa shape index (κ1) is 14.9. The maximum atomic E-state index is 11.0. The molecule has 21 heavy (non-hydrogen) atoms. The molecule has 0 spiro atoms. The third kappa shape index (κ3) is 3.99. The maximum Gasteiger partial charge on any atom is 0.222 e. The van der Waals surface area contributed by atoms with Crippen LogP contribution in [-0.4, -0.2) is 24.3 Å². The molecule has 0 radical (unpaired) electrons. The minimum absolute atomic E-state index is 0.161. The van der Waals surface area contributed by atoms with Crippen molar-refractivity contribution in [1.82, 2.24) is 9.97 Å². The number of carbonyl (C=O) groups excluding carboxylic acids is 1. The highest BCUT2D eigenvalue weighted by Crippen LogP contribution is 2.23. The molecule has 1 amide bonds. The van der Waals surface area contributed by atoms with Crippen LogP contribution in [0.3, 0.4) is 0 Å². The summed E-state index contributed by atoms with van der Waals surface area (Å²) in [5.74, 6) is 0.215. The van der Waals surface area contributed by atoms with Gasteiger partial charge in [0.15, 0.2) is 0 Å². The molecule has 0 atom stereocenters. The summed E-state index contributed by atoms with van der Waals surface area (Å²) in [6.45, 7) is 1.39. The van der Waals surface area contributed by atoms with E-state index in [0.29, 0.717) is 16.9 Å². The molecule has 2 rings (SSSR count). The third-order valence-electron chi connectivity index (χ3n) is 2.70. The Labute approximate surface area is 123 Å². The van der Waals surface area contributed by atoms with Crippen molar-refractivity contribution in [3.63, 3.8) is 0 Å². The van der Waals surface area contributed by atoms with Crippen LogP contribution in [-0.2, 0) is 21.3 Å². The van der Waals surface area contributed by atoms with Crippen LogP contribution < -0.4 is 11.1 Å². The average molecular weight is 306 g/mol. The molecule has 0 unspecified atom stereocenters. The van der Waals surface area contributed by atoms with Crippen molar-refractivity contribution >= 4 is 28.2 Å². The molecule has 2 aromatic heterocycles. The van der Waals surface area contributed by atoms with Crippen LogP contribution in [0.5, 0.6) is 0 Å². The van der Waals surface area contributed by atoms with Gasteiger partial charge in [0.2, 0.25) is 5.91 Å². The lowest BCUT2D eigenvalue weighted by atomic mass is 10.1. The van der Waals surface area contributed by atoms with Crippen LogP contribution in [0.1, 0.15) is 12.5 Å². The molecule has 2 heterocycles. The fourth-order valence-electron chi connectivity index (χ4n) is 1.80. The molecule has 0 saturated heterocycles. The van der Waals surface area contributed by atoms with E-state index in [1.807, 2.05) is 0 Å². The number of nitrogens with zero attached hydrogens (tertiary/aromatic N) is 2. The minimum atomic E-state index is -2.58. The molecule has 0 aliphatic rings. The Hall–Kier alpha value is -2.48. The number of nitrogens with one attached hydrogen (secondary N) is 1. The number of hydrogen-bond donors (Lipinski definition) is 3. The van der Waals surface area contributed by atoms with Crippen molar-refractivity contribution in [2.45, 2.75) is 12.7 Å². The second-order valence-corrected chi connectivity index (χ2v) is 5.35. The molecule has 7 nitrogen and oxygen atoms in total. The summed E-state index contributed by atoms with van der Waals surface area (Å²) in [7, 11) is -2.58. The van der Waals surface area contributed by atoms with Gasteiger partial charge in [0.1, 0.15) is 22.3 Å². The van der Waals surface area contributed by atoms with E-state index in [1.165, 1.54) is 6.92 Å². The Morgan fingerprint density at radius 1 is 1.29 bits per heavy atom. The summed E-state index contributed by atoms with van der Waals surface area (Å²) < 4.78 is 21.7. The van der Waals surface area contributed by atoms with Crippen LogP contribution in [0, 0.1) is 0 Å². The fraction of sp³-hybridized carbons (Fsp3) is 0.154. The highest BCUT2D eigenvalue weighted by Gasteiger charge is 2.07. The predicted molar refractivity (Wildman–Crippen MR) is 80.2 cm³/mol. The fourth-order valence-corrected chi connectivity index (χ4v) is 2.33. The topological polar surface area (TPSA) is 115 Å². The Morgan fingerprint density at radius 3 is 2.71 bits per heavy atom. The lowest BCUT2D eigenvalue weighted by molar-refractivity contribution is -0.114. The van der Waals surface area contributed by atoms with Crippen LogP contribution in [0.15, 0.2) is 30.6 Å². The van der Waals surface area contributed by atoms with Gasteiger partial charge >= 0.3 is 0 Å². The number of rotatable bonds is 4. The molecule has 8 heteroatoms. The summed E-state index contributed by atoms with van der Waals surface area (Å²) in [4.78, 5) is 19.1. The van der Waals surface area contributed by atoms with Gasteiger partial charge in [0, 0.05) is 30.4 Å². The van der Waals surface area contributed by atoms with E-state index in [1.54, 1.807) is 30.6 Å². The SMILES string of the molecule is CC(=O)Nc1cc(-c2cnc(N)c(C[SH](=O)=O)c2)ccn1. The number of thiol groups is 1. The average Bonchev–Trinajstić information content (AvgIpc) is 2.40. The number of anilines is 2. The van der Waals surface area contributed by atoms with E-state index in [4.69, 9.17) is 5.73 Å². The third-order valence-corrected chi connectivity index (χ3v) is 3.30. The van der Waals surface area contributed by atoms with E-state index in [0.717, 1.165) is 5.56 Å². The second-order valence-electron chi connectivity index (χ2n) is 4.37. The summed E-state index contributed by atoms with van der Waals surface area (Å²) in [6.07, 6.45) is 3.09. The number of aromatic nitrogens is 2. The number of amides is 1. The lowest BCUT2D eigenvalue weighted by Gasteiger charge is -2.07. The molecular weight excluding hydrogens is 292 g/mol. The number of carbonyl (C=O) groups is 1. The van der Waals surface area contributed by atoms with E-state index in [-0.39, 0.29) is 17.5 Å². The van der Waals surface area contributed by atoms with E-state index in [2.05, 4.69) is 15.3 Å². The molecule has 0 aromatic carbocycles. The highest BCUT2D eigenvalue weighted by atomic mass is 32.2. The van der Waals surface area contributed by atoms with Gasteiger partial charge in [-0.1, -0.05) is 0 Å². The zero-order chi connectivity index (χ0) is 15.4. The smallest absolute Gasteiger partial charge is 0.222 e. The molecule has 2 aromatic rings. The number of hydrogen-bond acceptors (Lipinski definition) is 6. The monoisotopic (exact) mass is 306 g/mol. The van der Waals surface area contributed by atoms with Gasteiger partial charge in [-0.3, -0.25) is 4.79 Å². The van der Waals surface area contributed by atoms with Crippen molar-refractivity contribution in [3.05, 3.63) is 36.2 Å². The lowest BCUT2D eigenvalue weighted by Crippen LogP contribution is -2.07. The van der Waals surface area contributed by atoms with Gasteiger partial charge in [-0.15, -0.1) is 0 Å². The Balaban J connectivity index is 2.39. The zero-order valence-electron chi connectivity index (χ0n) is 11.2. The van der Waals surface area contributed by atoms with Crippen LogP contribution in [0.25, 0.3) is 11.1 Å². The standard InChI is InChI=1S/C13H14N4O3S/c1-8(18)17-12-5-9(2-3-15-12)10-4-11(7-21(19)20)13(14)16-6-10/h2-6,21H,7H2,1H3,(H2,14,16)(H,15,17,18).